The molecule has 1 aliphatic heterocycles. The van der Waals surface area contributed by atoms with Gasteiger partial charge in [0, 0.05) is 47.2 Å². The van der Waals surface area contributed by atoms with E-state index in [1.807, 2.05) is 53.4 Å². The van der Waals surface area contributed by atoms with E-state index in [-0.39, 0.29) is 12.2 Å². The van der Waals surface area contributed by atoms with E-state index in [1.54, 1.807) is 12.1 Å². The number of anilines is 4. The van der Waals surface area contributed by atoms with Crippen LogP contribution < -0.4 is 9.80 Å². The van der Waals surface area contributed by atoms with Gasteiger partial charge in [0.25, 0.3) is 0 Å². The van der Waals surface area contributed by atoms with Crippen molar-refractivity contribution in [1.29, 1.82) is 5.26 Å². The number of hydrogen-bond donors (Lipinski definition) is 0. The predicted octanol–water partition coefficient (Wildman–Crippen LogP) is 13.3. The molecule has 0 fully saturated rings. The Morgan fingerprint density at radius 2 is 1.30 bits per heavy atom. The zero-order valence-corrected chi connectivity index (χ0v) is 29.3. The van der Waals surface area contributed by atoms with Crippen LogP contribution in [0.15, 0.2) is 170 Å². The van der Waals surface area contributed by atoms with Gasteiger partial charge in [-0.05, 0) is 92.2 Å². The minimum absolute atomic E-state index is 0.288. The molecule has 0 aliphatic carbocycles. The normalized spacial score (nSPS) is 12.8. The van der Waals surface area contributed by atoms with Crippen LogP contribution >= 0.6 is 0 Å². The number of para-hydroxylation sites is 1. The zero-order valence-electron chi connectivity index (χ0n) is 29.3. The Labute approximate surface area is 309 Å². The van der Waals surface area contributed by atoms with Crippen LogP contribution in [-0.4, -0.2) is 6.54 Å². The first-order valence-corrected chi connectivity index (χ1v) is 18.1. The highest BCUT2D eigenvalue weighted by atomic mass is 19.1. The molecule has 0 spiro atoms. The van der Waals surface area contributed by atoms with E-state index in [0.717, 1.165) is 68.1 Å². The van der Waals surface area contributed by atoms with Gasteiger partial charge in [0.05, 0.1) is 17.4 Å². The number of rotatable bonds is 9. The number of halogens is 1. The van der Waals surface area contributed by atoms with Crippen LogP contribution in [0.1, 0.15) is 18.4 Å². The third-order valence-corrected chi connectivity index (χ3v) is 10.6. The van der Waals surface area contributed by atoms with Crippen LogP contribution in [0.2, 0.25) is 0 Å². The van der Waals surface area contributed by atoms with Gasteiger partial charge in [-0.15, -0.1) is 0 Å². The molecule has 53 heavy (non-hydrogen) atoms. The van der Waals surface area contributed by atoms with Crippen molar-refractivity contribution in [2.45, 2.75) is 19.3 Å². The Hall–Kier alpha value is -6.70. The number of fused-ring (bicyclic) bond motifs is 1. The van der Waals surface area contributed by atoms with Gasteiger partial charge in [-0.25, -0.2) is 4.39 Å². The maximum atomic E-state index is 16.7. The zero-order chi connectivity index (χ0) is 35.9. The van der Waals surface area contributed by atoms with Gasteiger partial charge in [0.1, 0.15) is 5.82 Å². The molecule has 0 amide bonds. The van der Waals surface area contributed by atoms with Crippen molar-refractivity contribution in [1.82, 2.24) is 0 Å². The monoisotopic (exact) mass is 685 g/mol. The van der Waals surface area contributed by atoms with Gasteiger partial charge >= 0.3 is 0 Å². The lowest BCUT2D eigenvalue weighted by atomic mass is 9.91. The molecule has 3 nitrogen and oxygen atoms in total. The standard InChI is InChI=1S/C49H36FN3/c1-2-9-40(13-8-30-51)53(47-28-23-39(32-43(47)50)35-17-15-34(16-18-35)33-10-4-3-5-11-33)46-27-22-38-19-24-41-45(52-31-29-36-12-6-7-14-44(36)52)26-21-37-20-25-42(46)49(38)48(37)41/h2-7,9-12,14-28,32H,1,8,13,29,31H2/b40-9+. The van der Waals surface area contributed by atoms with E-state index in [2.05, 4.69) is 115 Å². The van der Waals surface area contributed by atoms with Gasteiger partial charge in [0.2, 0.25) is 0 Å². The molecule has 254 valence electrons. The van der Waals surface area contributed by atoms with Crippen molar-refractivity contribution < 1.29 is 4.39 Å². The summed E-state index contributed by atoms with van der Waals surface area (Å²) in [6.45, 7) is 4.93. The molecule has 1 heterocycles. The highest BCUT2D eigenvalue weighted by molar-refractivity contribution is 6.27. The Morgan fingerprint density at radius 1 is 0.679 bits per heavy atom. The van der Waals surface area contributed by atoms with E-state index >= 15 is 4.39 Å². The Bertz CT molecular complexity index is 2720. The third kappa shape index (κ3) is 5.59. The molecule has 0 radical (unpaired) electrons. The number of nitrogens with zero attached hydrogens (tertiary/aromatic N) is 3. The minimum atomic E-state index is -0.345. The molecule has 8 aromatic carbocycles. The SMILES string of the molecule is C=C/C=C(\CCC#N)N(c1ccc(-c2ccc(-c3ccccc3)cc2)cc1F)c1ccc2ccc3c(N4CCc5ccccc54)ccc4ccc1c2c43. The van der Waals surface area contributed by atoms with Crippen LogP contribution in [0.5, 0.6) is 0 Å². The summed E-state index contributed by atoms with van der Waals surface area (Å²) < 4.78 is 16.7. The largest absolute Gasteiger partial charge is 0.340 e. The van der Waals surface area contributed by atoms with Crippen molar-refractivity contribution in [3.63, 3.8) is 0 Å². The van der Waals surface area contributed by atoms with Crippen molar-refractivity contribution in [3.8, 4) is 28.3 Å². The maximum absolute atomic E-state index is 16.7. The van der Waals surface area contributed by atoms with Gasteiger partial charge in [-0.3, -0.25) is 0 Å². The van der Waals surface area contributed by atoms with E-state index in [0.29, 0.717) is 12.1 Å². The molecule has 1 aliphatic rings. The van der Waals surface area contributed by atoms with Crippen LogP contribution in [0, 0.1) is 17.1 Å². The molecular weight excluding hydrogens is 650 g/mol. The summed E-state index contributed by atoms with van der Waals surface area (Å²) in [6.07, 6.45) is 5.35. The summed E-state index contributed by atoms with van der Waals surface area (Å²) in [5.74, 6) is -0.345. The second-order valence-electron chi connectivity index (χ2n) is 13.6. The molecule has 0 bridgehead atoms. The van der Waals surface area contributed by atoms with Crippen molar-refractivity contribution in [2.24, 2.45) is 0 Å². The first-order valence-electron chi connectivity index (χ1n) is 18.1. The molecule has 0 aromatic heterocycles. The molecule has 9 rings (SSSR count). The Kier molecular flexibility index (Phi) is 8.18. The van der Waals surface area contributed by atoms with Crippen LogP contribution in [0.25, 0.3) is 54.6 Å². The lowest BCUT2D eigenvalue weighted by molar-refractivity contribution is 0.627. The highest BCUT2D eigenvalue weighted by Crippen LogP contribution is 2.47. The molecule has 8 aromatic rings. The van der Waals surface area contributed by atoms with Gasteiger partial charge < -0.3 is 9.80 Å². The van der Waals surface area contributed by atoms with Crippen LogP contribution in [-0.2, 0) is 6.42 Å². The summed E-state index contributed by atoms with van der Waals surface area (Å²) in [7, 11) is 0. The van der Waals surface area contributed by atoms with Gasteiger partial charge in [-0.2, -0.15) is 5.26 Å². The van der Waals surface area contributed by atoms with Crippen molar-refractivity contribution in [3.05, 3.63) is 181 Å². The Morgan fingerprint density at radius 3 is 2.06 bits per heavy atom. The number of hydrogen-bond acceptors (Lipinski definition) is 3. The van der Waals surface area contributed by atoms with Crippen molar-refractivity contribution >= 4 is 55.1 Å². The summed E-state index contributed by atoms with van der Waals surface area (Å²) in [4.78, 5) is 4.42. The predicted molar refractivity (Wildman–Crippen MR) is 220 cm³/mol. The fraction of sp³-hybridized carbons (Fsp3) is 0.0816. The van der Waals surface area contributed by atoms with E-state index in [9.17, 15) is 5.26 Å². The molecule has 0 saturated heterocycles. The average Bonchev–Trinajstić information content (AvgIpc) is 3.64. The second-order valence-corrected chi connectivity index (χ2v) is 13.6. The minimum Gasteiger partial charge on any atom is -0.340 e. The second kappa shape index (κ2) is 13.5. The molecule has 4 heteroatoms. The first kappa shape index (κ1) is 32.2. The maximum Gasteiger partial charge on any atom is 0.147 e. The fourth-order valence-corrected chi connectivity index (χ4v) is 8.17. The summed E-state index contributed by atoms with van der Waals surface area (Å²) >= 11 is 0. The number of allylic oxidation sites excluding steroid dienone is 3. The smallest absolute Gasteiger partial charge is 0.147 e. The van der Waals surface area contributed by atoms with Crippen molar-refractivity contribution in [2.75, 3.05) is 16.3 Å². The van der Waals surface area contributed by atoms with Gasteiger partial charge in [-0.1, -0.05) is 128 Å². The molecule has 0 N–H and O–H groups in total. The molecule has 0 saturated carbocycles. The van der Waals surface area contributed by atoms with E-state index in [4.69, 9.17) is 0 Å². The third-order valence-electron chi connectivity index (χ3n) is 10.6. The molecular formula is C49H36FN3. The first-order chi connectivity index (χ1) is 26.1. The average molecular weight is 686 g/mol. The fourth-order valence-electron chi connectivity index (χ4n) is 8.17. The molecule has 0 atom stereocenters. The number of benzene rings is 8. The lowest BCUT2D eigenvalue weighted by Crippen LogP contribution is -2.18. The molecule has 0 unspecified atom stereocenters. The Balaban J connectivity index is 1.19. The highest BCUT2D eigenvalue weighted by Gasteiger charge is 2.25. The van der Waals surface area contributed by atoms with E-state index in [1.165, 1.54) is 27.7 Å². The van der Waals surface area contributed by atoms with Crippen LogP contribution in [0.4, 0.5) is 27.1 Å². The quantitative estimate of drug-likeness (QED) is 0.112. The summed E-state index contributed by atoms with van der Waals surface area (Å²) in [6, 6.07) is 52.4. The summed E-state index contributed by atoms with van der Waals surface area (Å²) in [5.41, 5.74) is 9.88. The number of nitriles is 1. The van der Waals surface area contributed by atoms with Gasteiger partial charge in [0.15, 0.2) is 0 Å². The topological polar surface area (TPSA) is 30.3 Å². The lowest BCUT2D eigenvalue weighted by Gasteiger charge is -2.30. The van der Waals surface area contributed by atoms with Crippen LogP contribution in [0.3, 0.4) is 0 Å². The summed E-state index contributed by atoms with van der Waals surface area (Å²) in [5, 5.41) is 16.5. The van der Waals surface area contributed by atoms with E-state index < -0.39 is 0 Å².